The van der Waals surface area contributed by atoms with Gasteiger partial charge in [0.2, 0.25) is 0 Å². The maximum atomic E-state index is 13.8. The van der Waals surface area contributed by atoms with Gasteiger partial charge in [-0.15, -0.1) is 0 Å². The number of halogens is 3. The SMILES string of the molecule is C.Cc1cccc(NC(=O)Nc2ccnc(Cl)c2Br)c1F. The van der Waals surface area contributed by atoms with Gasteiger partial charge in [-0.05, 0) is 40.5 Å². The number of nitrogens with zero attached hydrogens (tertiary/aromatic N) is 1. The van der Waals surface area contributed by atoms with Crippen molar-refractivity contribution < 1.29 is 9.18 Å². The van der Waals surface area contributed by atoms with Gasteiger partial charge in [-0.25, -0.2) is 14.2 Å². The molecule has 2 aromatic rings. The molecule has 0 aliphatic rings. The third-order valence-electron chi connectivity index (χ3n) is 2.53. The van der Waals surface area contributed by atoms with Gasteiger partial charge in [-0.3, -0.25) is 0 Å². The van der Waals surface area contributed by atoms with Crippen LogP contribution in [0.3, 0.4) is 0 Å². The summed E-state index contributed by atoms with van der Waals surface area (Å²) in [6.07, 6.45) is 1.45. The maximum absolute atomic E-state index is 13.8. The monoisotopic (exact) mass is 373 g/mol. The Labute approximate surface area is 135 Å². The molecule has 112 valence electrons. The first-order valence-electron chi connectivity index (χ1n) is 5.62. The van der Waals surface area contributed by atoms with Crippen LogP contribution in [0.1, 0.15) is 13.0 Å². The highest BCUT2D eigenvalue weighted by molar-refractivity contribution is 9.10. The Morgan fingerprint density at radius 1 is 1.29 bits per heavy atom. The number of pyridine rings is 1. The number of aryl methyl sites for hydroxylation is 1. The summed E-state index contributed by atoms with van der Waals surface area (Å²) in [5.74, 6) is -0.463. The third kappa shape index (κ3) is 4.15. The summed E-state index contributed by atoms with van der Waals surface area (Å²) in [5.41, 5.74) is 1.00. The molecule has 0 aliphatic carbocycles. The lowest BCUT2D eigenvalue weighted by molar-refractivity contribution is 0.262. The smallest absolute Gasteiger partial charge is 0.306 e. The molecule has 1 heterocycles. The summed E-state index contributed by atoms with van der Waals surface area (Å²) in [4.78, 5) is 15.7. The molecule has 0 radical (unpaired) electrons. The topological polar surface area (TPSA) is 54.0 Å². The van der Waals surface area contributed by atoms with E-state index in [1.165, 1.54) is 12.3 Å². The van der Waals surface area contributed by atoms with Crippen molar-refractivity contribution in [1.82, 2.24) is 4.98 Å². The Morgan fingerprint density at radius 2 is 1.95 bits per heavy atom. The molecule has 7 heteroatoms. The lowest BCUT2D eigenvalue weighted by atomic mass is 10.2. The zero-order valence-electron chi connectivity index (χ0n) is 10.4. The number of benzene rings is 1. The van der Waals surface area contributed by atoms with Crippen molar-refractivity contribution in [2.45, 2.75) is 14.4 Å². The Bertz CT molecular complexity index is 611. The number of aromatic nitrogens is 1. The van der Waals surface area contributed by atoms with Crippen LogP contribution in [0, 0.1) is 12.7 Å². The van der Waals surface area contributed by atoms with Crippen molar-refractivity contribution in [2.24, 2.45) is 0 Å². The normalized spacial score (nSPS) is 9.71. The molecule has 1 aromatic heterocycles. The van der Waals surface area contributed by atoms with Crippen LogP contribution in [0.4, 0.5) is 20.6 Å². The number of nitrogens with one attached hydrogen (secondary N) is 2. The average Bonchev–Trinajstić information content (AvgIpc) is 2.40. The van der Waals surface area contributed by atoms with Gasteiger partial charge in [0.1, 0.15) is 11.0 Å². The van der Waals surface area contributed by atoms with E-state index in [1.54, 1.807) is 25.1 Å². The first kappa shape index (κ1) is 17.4. The van der Waals surface area contributed by atoms with Crippen molar-refractivity contribution in [1.29, 1.82) is 0 Å². The molecule has 21 heavy (non-hydrogen) atoms. The molecule has 4 nitrogen and oxygen atoms in total. The van der Waals surface area contributed by atoms with Crippen LogP contribution in [0.2, 0.25) is 5.15 Å². The molecule has 0 saturated heterocycles. The molecule has 2 amide bonds. The number of carbonyl (C=O) groups is 1. The van der Waals surface area contributed by atoms with Crippen molar-refractivity contribution in [3.63, 3.8) is 0 Å². The van der Waals surface area contributed by atoms with Crippen molar-refractivity contribution >= 4 is 44.9 Å². The second kappa shape index (κ2) is 7.38. The van der Waals surface area contributed by atoms with Gasteiger partial charge in [0.15, 0.2) is 0 Å². The third-order valence-corrected chi connectivity index (χ3v) is 3.85. The fourth-order valence-electron chi connectivity index (χ4n) is 1.53. The summed E-state index contributed by atoms with van der Waals surface area (Å²) in [6.45, 7) is 1.62. The van der Waals surface area contributed by atoms with E-state index in [0.29, 0.717) is 15.7 Å². The van der Waals surface area contributed by atoms with Crippen LogP contribution in [-0.2, 0) is 0 Å². The molecule has 0 fully saturated rings. The van der Waals surface area contributed by atoms with Crippen LogP contribution in [0.5, 0.6) is 0 Å². The predicted octanol–water partition coefficient (Wildman–Crippen LogP) is 5.23. The number of rotatable bonds is 2. The first-order valence-corrected chi connectivity index (χ1v) is 6.79. The van der Waals surface area contributed by atoms with E-state index in [-0.39, 0.29) is 18.3 Å². The first-order chi connectivity index (χ1) is 9.49. The molecule has 1 aromatic carbocycles. The minimum atomic E-state index is -0.572. The zero-order valence-corrected chi connectivity index (χ0v) is 12.7. The molecule has 0 saturated carbocycles. The molecular formula is C14H14BrClFN3O. The molecular weight excluding hydrogens is 361 g/mol. The van der Waals surface area contributed by atoms with Crippen molar-refractivity contribution in [3.05, 3.63) is 51.5 Å². The number of carbonyl (C=O) groups excluding carboxylic acids is 1. The minimum absolute atomic E-state index is 0. The van der Waals surface area contributed by atoms with E-state index in [1.807, 2.05) is 0 Å². The molecule has 2 N–H and O–H groups in total. The van der Waals surface area contributed by atoms with Crippen LogP contribution in [0.25, 0.3) is 0 Å². The maximum Gasteiger partial charge on any atom is 0.323 e. The van der Waals surface area contributed by atoms with Gasteiger partial charge in [-0.2, -0.15) is 0 Å². The fourth-order valence-corrected chi connectivity index (χ4v) is 2.03. The van der Waals surface area contributed by atoms with Crippen molar-refractivity contribution in [2.75, 3.05) is 10.6 Å². The lowest BCUT2D eigenvalue weighted by Crippen LogP contribution is -2.20. The van der Waals surface area contributed by atoms with E-state index in [2.05, 4.69) is 31.5 Å². The summed E-state index contributed by atoms with van der Waals surface area (Å²) >= 11 is 9.02. The van der Waals surface area contributed by atoms with Gasteiger partial charge >= 0.3 is 6.03 Å². The van der Waals surface area contributed by atoms with Crippen LogP contribution < -0.4 is 10.6 Å². The number of anilines is 2. The Balaban J connectivity index is 0.00000220. The zero-order chi connectivity index (χ0) is 14.7. The van der Waals surface area contributed by atoms with Gasteiger partial charge < -0.3 is 10.6 Å². The Kier molecular flexibility index (Phi) is 6.11. The summed E-state index contributed by atoms with van der Waals surface area (Å²) in [5, 5.41) is 5.22. The summed E-state index contributed by atoms with van der Waals surface area (Å²) < 4.78 is 14.2. The van der Waals surface area contributed by atoms with Gasteiger partial charge in [0, 0.05) is 6.20 Å². The highest BCUT2D eigenvalue weighted by Crippen LogP contribution is 2.28. The van der Waals surface area contributed by atoms with Gasteiger partial charge in [-0.1, -0.05) is 31.2 Å². The number of urea groups is 1. The lowest BCUT2D eigenvalue weighted by Gasteiger charge is -2.10. The van der Waals surface area contributed by atoms with Gasteiger partial charge in [0.25, 0.3) is 0 Å². The van der Waals surface area contributed by atoms with E-state index in [0.717, 1.165) is 0 Å². The minimum Gasteiger partial charge on any atom is -0.306 e. The van der Waals surface area contributed by atoms with Gasteiger partial charge in [0.05, 0.1) is 15.8 Å². The molecule has 0 atom stereocenters. The number of hydrogen-bond donors (Lipinski definition) is 2. The molecule has 0 spiro atoms. The van der Waals surface area contributed by atoms with E-state index in [9.17, 15) is 9.18 Å². The molecule has 2 rings (SSSR count). The fraction of sp³-hybridized carbons (Fsp3) is 0.143. The Hall–Kier alpha value is -1.66. The highest BCUT2D eigenvalue weighted by Gasteiger charge is 2.11. The number of hydrogen-bond acceptors (Lipinski definition) is 2. The quantitative estimate of drug-likeness (QED) is 0.708. The van der Waals surface area contributed by atoms with Crippen LogP contribution in [0.15, 0.2) is 34.9 Å². The van der Waals surface area contributed by atoms with Crippen LogP contribution >= 0.6 is 27.5 Å². The summed E-state index contributed by atoms with van der Waals surface area (Å²) in [6, 6.07) is 5.77. The summed E-state index contributed by atoms with van der Waals surface area (Å²) in [7, 11) is 0. The Morgan fingerprint density at radius 3 is 2.67 bits per heavy atom. The largest absolute Gasteiger partial charge is 0.323 e. The van der Waals surface area contributed by atoms with E-state index < -0.39 is 11.8 Å². The van der Waals surface area contributed by atoms with E-state index >= 15 is 0 Å². The van der Waals surface area contributed by atoms with Crippen LogP contribution in [-0.4, -0.2) is 11.0 Å². The van der Waals surface area contributed by atoms with E-state index in [4.69, 9.17) is 11.6 Å². The molecule has 0 aliphatic heterocycles. The number of amides is 2. The molecule has 0 unspecified atom stereocenters. The predicted molar refractivity (Wildman–Crippen MR) is 87.5 cm³/mol. The second-order valence-corrected chi connectivity index (χ2v) is 5.13. The average molecular weight is 375 g/mol. The second-order valence-electron chi connectivity index (χ2n) is 3.98. The molecule has 0 bridgehead atoms. The van der Waals surface area contributed by atoms with Crippen molar-refractivity contribution in [3.8, 4) is 0 Å². The highest BCUT2D eigenvalue weighted by atomic mass is 79.9. The standard InChI is InChI=1S/C13H10BrClFN3O.CH4/c1-7-3-2-4-9(11(7)16)19-13(20)18-8-5-6-17-12(15)10(8)14;/h2-6H,1H3,(H2,17,18,19,20);1H4.